The molecule has 0 aliphatic rings. The minimum Gasteiger partial charge on any atom is -0.464 e. The normalized spacial score (nSPS) is 10.4. The first-order valence-electron chi connectivity index (χ1n) is 5.17. The van der Waals surface area contributed by atoms with Crippen LogP contribution < -0.4 is 0 Å². The number of hydrogen-bond donors (Lipinski definition) is 0. The lowest BCUT2D eigenvalue weighted by Gasteiger charge is -2.04. The average Bonchev–Trinajstić information content (AvgIpc) is 2.66. The van der Waals surface area contributed by atoms with E-state index in [0.717, 1.165) is 15.9 Å². The third-order valence-corrected chi connectivity index (χ3v) is 3.58. The Morgan fingerprint density at radius 1 is 1.39 bits per heavy atom. The van der Waals surface area contributed by atoms with Crippen LogP contribution in [0.25, 0.3) is 5.82 Å². The molecule has 0 aliphatic heterocycles. The first kappa shape index (κ1) is 12.7. The van der Waals surface area contributed by atoms with E-state index in [9.17, 15) is 4.79 Å². The molecule has 0 amide bonds. The number of nitrogens with zero attached hydrogens (tertiary/aromatic N) is 4. The number of hydrogen-bond acceptors (Lipinski definition) is 5. The molecule has 2 heterocycles. The maximum Gasteiger partial charge on any atom is 0.358 e. The molecule has 0 aromatic carbocycles. The van der Waals surface area contributed by atoms with Gasteiger partial charge >= 0.3 is 5.97 Å². The standard InChI is InChI=1S/C11H11BrN4O2/c1-6-10(12)7(2)16(15-6)9-5-13-4-8(14-9)11(17)18-3/h4-5H,1-3H3. The maximum absolute atomic E-state index is 11.4. The Kier molecular flexibility index (Phi) is 3.42. The Morgan fingerprint density at radius 2 is 2.11 bits per heavy atom. The zero-order valence-corrected chi connectivity index (χ0v) is 11.7. The molecule has 0 aliphatic carbocycles. The molecule has 0 spiro atoms. The van der Waals surface area contributed by atoms with E-state index >= 15 is 0 Å². The third-order valence-electron chi connectivity index (χ3n) is 2.44. The van der Waals surface area contributed by atoms with Gasteiger partial charge in [-0.15, -0.1) is 0 Å². The molecule has 2 aromatic heterocycles. The lowest BCUT2D eigenvalue weighted by atomic mass is 10.4. The van der Waals surface area contributed by atoms with E-state index < -0.39 is 5.97 Å². The van der Waals surface area contributed by atoms with E-state index in [0.29, 0.717) is 5.82 Å². The average molecular weight is 311 g/mol. The summed E-state index contributed by atoms with van der Waals surface area (Å²) in [5.74, 6) is -0.0471. The molecular formula is C11H11BrN4O2. The molecule has 0 radical (unpaired) electrons. The zero-order valence-electron chi connectivity index (χ0n) is 10.1. The summed E-state index contributed by atoms with van der Waals surface area (Å²) in [5, 5.41) is 4.32. The maximum atomic E-state index is 11.4. The number of aromatic nitrogens is 4. The van der Waals surface area contributed by atoms with Crippen molar-refractivity contribution in [3.63, 3.8) is 0 Å². The fourth-order valence-electron chi connectivity index (χ4n) is 1.51. The smallest absolute Gasteiger partial charge is 0.358 e. The number of halogens is 1. The number of carbonyl (C=O) groups excluding carboxylic acids is 1. The molecule has 0 atom stereocenters. The van der Waals surface area contributed by atoms with Crippen LogP contribution >= 0.6 is 15.9 Å². The van der Waals surface area contributed by atoms with Gasteiger partial charge in [0.15, 0.2) is 11.5 Å². The van der Waals surface area contributed by atoms with Gasteiger partial charge in [-0.2, -0.15) is 5.10 Å². The summed E-state index contributed by atoms with van der Waals surface area (Å²) in [4.78, 5) is 19.5. The number of rotatable bonds is 2. The Labute approximate surface area is 112 Å². The van der Waals surface area contributed by atoms with Crippen LogP contribution in [0.15, 0.2) is 16.9 Å². The van der Waals surface area contributed by atoms with Crippen LogP contribution in [-0.2, 0) is 4.74 Å². The van der Waals surface area contributed by atoms with Crippen LogP contribution in [0.5, 0.6) is 0 Å². The highest BCUT2D eigenvalue weighted by molar-refractivity contribution is 9.10. The molecule has 7 heteroatoms. The van der Waals surface area contributed by atoms with Crippen LogP contribution in [0.4, 0.5) is 0 Å². The summed E-state index contributed by atoms with van der Waals surface area (Å²) in [7, 11) is 1.30. The second-order valence-corrected chi connectivity index (χ2v) is 4.44. The molecule has 0 saturated heterocycles. The summed E-state index contributed by atoms with van der Waals surface area (Å²) in [6.07, 6.45) is 2.90. The lowest BCUT2D eigenvalue weighted by molar-refractivity contribution is 0.0593. The zero-order chi connectivity index (χ0) is 13.3. The fraction of sp³-hybridized carbons (Fsp3) is 0.273. The topological polar surface area (TPSA) is 69.9 Å². The quantitative estimate of drug-likeness (QED) is 0.791. The Hall–Kier alpha value is -1.76. The van der Waals surface area contributed by atoms with Gasteiger partial charge in [-0.3, -0.25) is 4.98 Å². The molecule has 0 N–H and O–H groups in total. The number of aryl methyl sites for hydroxylation is 1. The first-order valence-corrected chi connectivity index (χ1v) is 5.96. The van der Waals surface area contributed by atoms with Crippen molar-refractivity contribution in [1.29, 1.82) is 0 Å². The molecule has 0 saturated carbocycles. The van der Waals surface area contributed by atoms with Crippen molar-refractivity contribution in [1.82, 2.24) is 19.7 Å². The van der Waals surface area contributed by atoms with E-state index in [1.165, 1.54) is 13.3 Å². The van der Waals surface area contributed by atoms with Crippen molar-refractivity contribution < 1.29 is 9.53 Å². The molecule has 2 aromatic rings. The molecule has 18 heavy (non-hydrogen) atoms. The van der Waals surface area contributed by atoms with Gasteiger partial charge in [0.1, 0.15) is 0 Å². The van der Waals surface area contributed by atoms with Crippen LogP contribution in [0, 0.1) is 13.8 Å². The second-order valence-electron chi connectivity index (χ2n) is 3.65. The molecule has 0 bridgehead atoms. The first-order chi connectivity index (χ1) is 8.54. The number of esters is 1. The minimum absolute atomic E-state index is 0.152. The van der Waals surface area contributed by atoms with Crippen molar-refractivity contribution in [2.75, 3.05) is 7.11 Å². The van der Waals surface area contributed by atoms with Crippen LogP contribution in [0.1, 0.15) is 21.9 Å². The number of carbonyl (C=O) groups is 1. The predicted octanol–water partition coefficient (Wildman–Crippen LogP) is 1.83. The summed E-state index contributed by atoms with van der Waals surface area (Å²) in [6.45, 7) is 3.78. The van der Waals surface area contributed by atoms with Gasteiger partial charge in [0, 0.05) is 0 Å². The van der Waals surface area contributed by atoms with Gasteiger partial charge in [-0.05, 0) is 29.8 Å². The van der Waals surface area contributed by atoms with Gasteiger partial charge in [0.25, 0.3) is 0 Å². The van der Waals surface area contributed by atoms with E-state index in [2.05, 4.69) is 35.7 Å². The van der Waals surface area contributed by atoms with Gasteiger partial charge in [0.2, 0.25) is 0 Å². The highest BCUT2D eigenvalue weighted by Gasteiger charge is 2.14. The molecule has 6 nitrogen and oxygen atoms in total. The molecule has 94 valence electrons. The molecule has 2 rings (SSSR count). The second kappa shape index (κ2) is 4.85. The van der Waals surface area contributed by atoms with Gasteiger partial charge < -0.3 is 4.74 Å². The van der Waals surface area contributed by atoms with E-state index in [1.807, 2.05) is 13.8 Å². The molecule has 0 fully saturated rings. The summed E-state index contributed by atoms with van der Waals surface area (Å²) in [6, 6.07) is 0. The highest BCUT2D eigenvalue weighted by Crippen LogP contribution is 2.21. The number of methoxy groups -OCH3 is 1. The summed E-state index contributed by atoms with van der Waals surface area (Å²) >= 11 is 3.44. The van der Waals surface area contributed by atoms with Crippen LogP contribution in [0.3, 0.4) is 0 Å². The van der Waals surface area contributed by atoms with Gasteiger partial charge in [0.05, 0.1) is 35.4 Å². The van der Waals surface area contributed by atoms with E-state index in [1.54, 1.807) is 10.9 Å². The largest absolute Gasteiger partial charge is 0.464 e. The monoisotopic (exact) mass is 310 g/mol. The SMILES string of the molecule is COC(=O)c1cncc(-n2nc(C)c(Br)c2C)n1. The van der Waals surface area contributed by atoms with Crippen molar-refractivity contribution in [2.45, 2.75) is 13.8 Å². The Morgan fingerprint density at radius 3 is 2.67 bits per heavy atom. The highest BCUT2D eigenvalue weighted by atomic mass is 79.9. The van der Waals surface area contributed by atoms with Crippen LogP contribution in [0.2, 0.25) is 0 Å². The Balaban J connectivity index is 2.51. The van der Waals surface area contributed by atoms with E-state index in [-0.39, 0.29) is 5.69 Å². The summed E-state index contributed by atoms with van der Waals surface area (Å²) in [5.41, 5.74) is 1.89. The summed E-state index contributed by atoms with van der Waals surface area (Å²) < 4.78 is 7.14. The van der Waals surface area contributed by atoms with Gasteiger partial charge in [-0.25, -0.2) is 14.5 Å². The van der Waals surface area contributed by atoms with E-state index in [4.69, 9.17) is 0 Å². The van der Waals surface area contributed by atoms with Crippen molar-refractivity contribution >= 4 is 21.9 Å². The van der Waals surface area contributed by atoms with Crippen molar-refractivity contribution in [3.8, 4) is 5.82 Å². The third kappa shape index (κ3) is 2.13. The van der Waals surface area contributed by atoms with Crippen molar-refractivity contribution in [2.24, 2.45) is 0 Å². The Bertz CT molecular complexity index is 609. The lowest BCUT2D eigenvalue weighted by Crippen LogP contribution is -2.09. The van der Waals surface area contributed by atoms with Crippen LogP contribution in [-0.4, -0.2) is 32.8 Å². The molecule has 0 unspecified atom stereocenters. The fourth-order valence-corrected chi connectivity index (χ4v) is 1.75. The van der Waals surface area contributed by atoms with Crippen molar-refractivity contribution in [3.05, 3.63) is 33.9 Å². The minimum atomic E-state index is -0.523. The van der Waals surface area contributed by atoms with Gasteiger partial charge in [-0.1, -0.05) is 0 Å². The number of ether oxygens (including phenoxy) is 1. The predicted molar refractivity (Wildman–Crippen MR) is 67.7 cm³/mol. The molecular weight excluding hydrogens is 300 g/mol.